The van der Waals surface area contributed by atoms with Crippen molar-refractivity contribution >= 4 is 27.5 Å². The van der Waals surface area contributed by atoms with Crippen LogP contribution < -0.4 is 9.47 Å². The number of hydrogen-bond acceptors (Lipinski definition) is 5. The van der Waals surface area contributed by atoms with Crippen molar-refractivity contribution in [3.8, 4) is 11.5 Å². The Morgan fingerprint density at radius 1 is 1.10 bits per heavy atom. The number of furan rings is 1. The largest absolute Gasteiger partial charge is 0.493 e. The zero-order valence-electron chi connectivity index (χ0n) is 16.3. The summed E-state index contributed by atoms with van der Waals surface area (Å²) >= 11 is 3.21. The van der Waals surface area contributed by atoms with Crippen LogP contribution in [0.25, 0.3) is 0 Å². The Kier molecular flexibility index (Phi) is 5.59. The zero-order chi connectivity index (χ0) is 21.3. The molecule has 154 valence electrons. The van der Waals surface area contributed by atoms with Crippen LogP contribution in [0.4, 0.5) is 4.39 Å². The number of amides is 1. The Hall–Kier alpha value is -3.13. The van der Waals surface area contributed by atoms with E-state index in [2.05, 4.69) is 21.0 Å². The third-order valence-electron chi connectivity index (χ3n) is 4.87. The molecule has 1 amide bonds. The summed E-state index contributed by atoms with van der Waals surface area (Å²) in [6.07, 6.45) is 0.453. The highest BCUT2D eigenvalue weighted by atomic mass is 79.9. The van der Waals surface area contributed by atoms with Crippen LogP contribution in [0.5, 0.6) is 11.5 Å². The summed E-state index contributed by atoms with van der Waals surface area (Å²) in [4.78, 5) is 13.1. The fourth-order valence-electron chi connectivity index (χ4n) is 3.37. The van der Waals surface area contributed by atoms with Gasteiger partial charge >= 0.3 is 5.91 Å². The number of ether oxygens (including phenoxy) is 2. The van der Waals surface area contributed by atoms with Crippen molar-refractivity contribution in [3.63, 3.8) is 0 Å². The first-order chi connectivity index (χ1) is 14.5. The molecule has 4 rings (SSSR count). The zero-order valence-corrected chi connectivity index (χ0v) is 17.8. The molecule has 1 unspecified atom stereocenters. The van der Waals surface area contributed by atoms with E-state index in [9.17, 15) is 9.18 Å². The van der Waals surface area contributed by atoms with Crippen LogP contribution in [-0.2, 0) is 0 Å². The molecule has 30 heavy (non-hydrogen) atoms. The quantitative estimate of drug-likeness (QED) is 0.512. The van der Waals surface area contributed by atoms with Gasteiger partial charge in [0.1, 0.15) is 5.82 Å². The van der Waals surface area contributed by atoms with Gasteiger partial charge in [0.25, 0.3) is 0 Å². The summed E-state index contributed by atoms with van der Waals surface area (Å²) in [6, 6.07) is 14.4. The van der Waals surface area contributed by atoms with E-state index in [1.807, 2.05) is 12.1 Å². The standard InChI is InChI=1S/C22H18BrFN2O4/c1-28-18-8-5-14(11-20(18)29-2)16-12-17(13-3-6-15(24)7-4-13)26(25-16)22(27)19-9-10-21(23)30-19/h3-11,17H,12H2,1-2H3. The topological polar surface area (TPSA) is 64.3 Å². The molecule has 0 bridgehead atoms. The summed E-state index contributed by atoms with van der Waals surface area (Å²) in [5.74, 6) is 0.599. The van der Waals surface area contributed by atoms with Crippen LogP contribution in [-0.4, -0.2) is 30.8 Å². The van der Waals surface area contributed by atoms with E-state index in [-0.39, 0.29) is 17.5 Å². The van der Waals surface area contributed by atoms with Gasteiger partial charge in [0.05, 0.1) is 26.0 Å². The number of carbonyl (C=O) groups is 1. The smallest absolute Gasteiger partial charge is 0.310 e. The van der Waals surface area contributed by atoms with Gasteiger partial charge in [-0.15, -0.1) is 0 Å². The molecule has 0 radical (unpaired) electrons. The van der Waals surface area contributed by atoms with Crippen molar-refractivity contribution in [1.82, 2.24) is 5.01 Å². The van der Waals surface area contributed by atoms with Gasteiger partial charge < -0.3 is 13.9 Å². The predicted octanol–water partition coefficient (Wildman–Crippen LogP) is 5.19. The lowest BCUT2D eigenvalue weighted by molar-refractivity contribution is 0.0677. The molecule has 0 aliphatic carbocycles. The minimum absolute atomic E-state index is 0.159. The van der Waals surface area contributed by atoms with Crippen molar-refractivity contribution < 1.29 is 23.1 Å². The van der Waals surface area contributed by atoms with Gasteiger partial charge in [-0.1, -0.05) is 12.1 Å². The third kappa shape index (κ3) is 3.82. The Morgan fingerprint density at radius 2 is 1.83 bits per heavy atom. The van der Waals surface area contributed by atoms with Gasteiger partial charge in [0, 0.05) is 12.0 Å². The first-order valence-electron chi connectivity index (χ1n) is 9.14. The minimum atomic E-state index is -0.398. The lowest BCUT2D eigenvalue weighted by atomic mass is 9.98. The number of methoxy groups -OCH3 is 2. The van der Waals surface area contributed by atoms with E-state index in [0.29, 0.717) is 28.3 Å². The molecule has 8 heteroatoms. The van der Waals surface area contributed by atoms with Crippen LogP contribution >= 0.6 is 15.9 Å². The van der Waals surface area contributed by atoms with E-state index < -0.39 is 6.04 Å². The second-order valence-corrected chi connectivity index (χ2v) is 7.42. The number of carbonyl (C=O) groups excluding carboxylic acids is 1. The molecule has 0 N–H and O–H groups in total. The van der Waals surface area contributed by atoms with E-state index in [1.54, 1.807) is 44.6 Å². The first-order valence-corrected chi connectivity index (χ1v) is 9.93. The third-order valence-corrected chi connectivity index (χ3v) is 5.30. The van der Waals surface area contributed by atoms with Crippen LogP contribution in [0.15, 0.2) is 68.8 Å². The Morgan fingerprint density at radius 3 is 2.47 bits per heavy atom. The van der Waals surface area contributed by atoms with Crippen molar-refractivity contribution in [3.05, 3.63) is 82.0 Å². The molecule has 1 aromatic heterocycles. The molecule has 3 aromatic rings. The van der Waals surface area contributed by atoms with Crippen LogP contribution in [0.1, 0.15) is 34.1 Å². The van der Waals surface area contributed by atoms with Gasteiger partial charge in [-0.2, -0.15) is 5.10 Å². The first kappa shape index (κ1) is 20.2. The van der Waals surface area contributed by atoms with E-state index in [0.717, 1.165) is 11.1 Å². The Labute approximate surface area is 181 Å². The maximum Gasteiger partial charge on any atom is 0.310 e. The monoisotopic (exact) mass is 472 g/mol. The van der Waals surface area contributed by atoms with Crippen molar-refractivity contribution in [1.29, 1.82) is 0 Å². The molecule has 0 fully saturated rings. The Bertz CT molecular complexity index is 1110. The highest BCUT2D eigenvalue weighted by molar-refractivity contribution is 9.10. The number of halogens is 2. The maximum absolute atomic E-state index is 13.4. The summed E-state index contributed by atoms with van der Waals surface area (Å²) < 4.78 is 30.0. The Balaban J connectivity index is 1.73. The summed E-state index contributed by atoms with van der Waals surface area (Å²) in [7, 11) is 3.13. The van der Waals surface area contributed by atoms with E-state index >= 15 is 0 Å². The lowest BCUT2D eigenvalue weighted by Crippen LogP contribution is -2.26. The maximum atomic E-state index is 13.4. The van der Waals surface area contributed by atoms with Gasteiger partial charge in [0.2, 0.25) is 0 Å². The molecule has 1 atom stereocenters. The highest BCUT2D eigenvalue weighted by Gasteiger charge is 2.35. The van der Waals surface area contributed by atoms with Gasteiger partial charge in [0.15, 0.2) is 21.9 Å². The number of hydrogen-bond donors (Lipinski definition) is 0. The minimum Gasteiger partial charge on any atom is -0.493 e. The van der Waals surface area contributed by atoms with Crippen LogP contribution in [0.3, 0.4) is 0 Å². The molecular weight excluding hydrogens is 455 g/mol. The van der Waals surface area contributed by atoms with Gasteiger partial charge in [-0.25, -0.2) is 9.40 Å². The molecule has 1 aliphatic rings. The van der Waals surface area contributed by atoms with Crippen molar-refractivity contribution in [2.24, 2.45) is 5.10 Å². The fraction of sp³-hybridized carbons (Fsp3) is 0.182. The molecule has 0 saturated carbocycles. The number of rotatable bonds is 5. The normalized spacial score (nSPS) is 15.8. The number of benzene rings is 2. The molecule has 2 aromatic carbocycles. The summed E-state index contributed by atoms with van der Waals surface area (Å²) in [6.45, 7) is 0. The van der Waals surface area contributed by atoms with Crippen molar-refractivity contribution in [2.45, 2.75) is 12.5 Å². The molecule has 1 aliphatic heterocycles. The number of hydrazone groups is 1. The molecular formula is C22H18BrFN2O4. The second kappa shape index (κ2) is 8.31. The summed E-state index contributed by atoms with van der Waals surface area (Å²) in [5, 5.41) is 5.97. The highest BCUT2D eigenvalue weighted by Crippen LogP contribution is 2.36. The van der Waals surface area contributed by atoms with Crippen molar-refractivity contribution in [2.75, 3.05) is 14.2 Å². The molecule has 0 spiro atoms. The van der Waals surface area contributed by atoms with Gasteiger partial charge in [-0.3, -0.25) is 4.79 Å². The average molecular weight is 473 g/mol. The molecule has 0 saturated heterocycles. The van der Waals surface area contributed by atoms with Crippen LogP contribution in [0.2, 0.25) is 0 Å². The SMILES string of the molecule is COc1ccc(C2=NN(C(=O)c3ccc(Br)o3)C(c3ccc(F)cc3)C2)cc1OC. The predicted molar refractivity (Wildman–Crippen MR) is 112 cm³/mol. The summed E-state index contributed by atoms with van der Waals surface area (Å²) in [5.41, 5.74) is 2.27. The molecule has 2 heterocycles. The van der Waals surface area contributed by atoms with E-state index in [4.69, 9.17) is 13.9 Å². The fourth-order valence-corrected chi connectivity index (χ4v) is 3.68. The van der Waals surface area contributed by atoms with Crippen LogP contribution in [0, 0.1) is 5.82 Å². The second-order valence-electron chi connectivity index (χ2n) is 6.64. The number of nitrogens with zero attached hydrogens (tertiary/aromatic N) is 2. The van der Waals surface area contributed by atoms with E-state index in [1.165, 1.54) is 17.1 Å². The lowest BCUT2D eigenvalue weighted by Gasteiger charge is -2.21. The average Bonchev–Trinajstić information content (AvgIpc) is 3.40. The molecule has 6 nitrogen and oxygen atoms in total. The van der Waals surface area contributed by atoms with Gasteiger partial charge in [-0.05, 0) is 64.0 Å².